The highest BCUT2D eigenvalue weighted by Crippen LogP contribution is 2.34. The maximum Gasteiger partial charge on any atom is 0.187 e. The van der Waals surface area contributed by atoms with Crippen molar-refractivity contribution in [3.8, 4) is 5.75 Å². The van der Waals surface area contributed by atoms with Crippen molar-refractivity contribution in [2.75, 3.05) is 33.1 Å². The van der Waals surface area contributed by atoms with E-state index in [1.807, 2.05) is 30.8 Å². The first-order valence-corrected chi connectivity index (χ1v) is 10.2. The highest BCUT2D eigenvalue weighted by Gasteiger charge is 2.35. The maximum atomic E-state index is 10.2. The molecule has 0 spiro atoms. The molecule has 26 heavy (non-hydrogen) atoms. The zero-order chi connectivity index (χ0) is 18.4. The Morgan fingerprint density at radius 3 is 2.77 bits per heavy atom. The van der Waals surface area contributed by atoms with Gasteiger partial charge in [0.1, 0.15) is 5.75 Å². The summed E-state index contributed by atoms with van der Waals surface area (Å²) in [5.41, 5.74) is 2.23. The van der Waals surface area contributed by atoms with Crippen molar-refractivity contribution >= 4 is 11.8 Å². The zero-order valence-electron chi connectivity index (χ0n) is 15.5. The summed E-state index contributed by atoms with van der Waals surface area (Å²) in [6.07, 6.45) is 8.80. The van der Waals surface area contributed by atoms with Crippen molar-refractivity contribution < 1.29 is 9.84 Å². The molecule has 140 valence electrons. The Bertz CT molecular complexity index is 710. The first-order chi connectivity index (χ1) is 12.7. The van der Waals surface area contributed by atoms with Gasteiger partial charge < -0.3 is 9.84 Å². The Balaban J connectivity index is 1.69. The molecule has 1 saturated heterocycles. The van der Waals surface area contributed by atoms with Gasteiger partial charge >= 0.3 is 0 Å². The lowest BCUT2D eigenvalue weighted by molar-refractivity contribution is 0.0287. The molecule has 1 aromatic heterocycles. The molecule has 1 atom stereocenters. The summed E-state index contributed by atoms with van der Waals surface area (Å²) in [5.74, 6) is 0.870. The molecule has 2 heterocycles. The van der Waals surface area contributed by atoms with Crippen LogP contribution in [-0.2, 0) is 13.0 Å². The van der Waals surface area contributed by atoms with Crippen molar-refractivity contribution in [2.24, 2.45) is 5.41 Å². The van der Waals surface area contributed by atoms with Gasteiger partial charge in [0.25, 0.3) is 0 Å². The number of aliphatic hydroxyl groups excluding tert-OH is 1. The van der Waals surface area contributed by atoms with Gasteiger partial charge in [-0.2, -0.15) is 0 Å². The molecule has 0 bridgehead atoms. The third kappa shape index (κ3) is 4.75. The van der Waals surface area contributed by atoms with Crippen LogP contribution in [0.25, 0.3) is 0 Å². The third-order valence-electron chi connectivity index (χ3n) is 5.06. The molecule has 0 radical (unpaired) electrons. The second kappa shape index (κ2) is 8.84. The second-order valence-electron chi connectivity index (χ2n) is 7.08. The monoisotopic (exact) mass is 373 g/mol. The fourth-order valence-electron chi connectivity index (χ4n) is 3.78. The van der Waals surface area contributed by atoms with Crippen LogP contribution < -0.4 is 4.74 Å². The van der Waals surface area contributed by atoms with Crippen LogP contribution in [-0.4, -0.2) is 53.0 Å². The summed E-state index contributed by atoms with van der Waals surface area (Å²) in [6.45, 7) is 2.95. The molecule has 1 fully saturated rings. The predicted octanol–water partition coefficient (Wildman–Crippen LogP) is 3.02. The standard InChI is InChI=1S/C20H27N3O2S/c1-25-18-6-3-5-16(9-18)10-20(15-24)7-4-8-23(14-20)13-17-11-21-19(26-2)22-12-17/h3,5-6,9,11-12,24H,4,7-8,10,13-15H2,1-2H3/t20-/m0/s1. The van der Waals surface area contributed by atoms with Gasteiger partial charge in [-0.1, -0.05) is 23.9 Å². The minimum absolute atomic E-state index is 0.106. The summed E-state index contributed by atoms with van der Waals surface area (Å²) in [5, 5.41) is 11.0. The zero-order valence-corrected chi connectivity index (χ0v) is 16.3. The molecule has 0 aliphatic carbocycles. The largest absolute Gasteiger partial charge is 0.497 e. The smallest absolute Gasteiger partial charge is 0.187 e. The number of nitrogens with zero attached hydrogens (tertiary/aromatic N) is 3. The Kier molecular flexibility index (Phi) is 6.51. The van der Waals surface area contributed by atoms with Gasteiger partial charge in [0.05, 0.1) is 13.7 Å². The minimum atomic E-state index is -0.106. The van der Waals surface area contributed by atoms with E-state index in [9.17, 15) is 5.11 Å². The molecular formula is C20H27N3O2S. The average molecular weight is 374 g/mol. The first kappa shape index (κ1) is 19.1. The van der Waals surface area contributed by atoms with Crippen LogP contribution in [0.1, 0.15) is 24.0 Å². The van der Waals surface area contributed by atoms with Crippen LogP contribution in [0, 0.1) is 5.41 Å². The van der Waals surface area contributed by atoms with E-state index in [2.05, 4.69) is 27.0 Å². The molecule has 1 aliphatic heterocycles. The molecule has 0 saturated carbocycles. The van der Waals surface area contributed by atoms with E-state index in [4.69, 9.17) is 4.74 Å². The topological polar surface area (TPSA) is 58.5 Å². The van der Waals surface area contributed by atoms with E-state index < -0.39 is 0 Å². The van der Waals surface area contributed by atoms with Gasteiger partial charge in [-0.15, -0.1) is 0 Å². The van der Waals surface area contributed by atoms with Gasteiger partial charge in [-0.05, 0) is 49.8 Å². The summed E-state index contributed by atoms with van der Waals surface area (Å²) in [4.78, 5) is 11.1. The van der Waals surface area contributed by atoms with Crippen LogP contribution >= 0.6 is 11.8 Å². The highest BCUT2D eigenvalue weighted by molar-refractivity contribution is 7.98. The number of hydrogen-bond acceptors (Lipinski definition) is 6. The number of likely N-dealkylation sites (tertiary alicyclic amines) is 1. The fraction of sp³-hybridized carbons (Fsp3) is 0.500. The van der Waals surface area contributed by atoms with Crippen molar-refractivity contribution in [3.05, 3.63) is 47.8 Å². The van der Waals surface area contributed by atoms with Crippen LogP contribution in [0.5, 0.6) is 5.75 Å². The average Bonchev–Trinajstić information content (AvgIpc) is 2.69. The summed E-state index contributed by atoms with van der Waals surface area (Å²) in [6, 6.07) is 8.17. The molecule has 1 aliphatic rings. The Hall–Kier alpha value is -1.63. The van der Waals surface area contributed by atoms with Crippen molar-refractivity contribution in [2.45, 2.75) is 31.0 Å². The van der Waals surface area contributed by atoms with Gasteiger partial charge in [0.2, 0.25) is 0 Å². The van der Waals surface area contributed by atoms with E-state index >= 15 is 0 Å². The Morgan fingerprint density at radius 2 is 2.08 bits per heavy atom. The summed E-state index contributed by atoms with van der Waals surface area (Å²) < 4.78 is 5.34. The highest BCUT2D eigenvalue weighted by atomic mass is 32.2. The van der Waals surface area contributed by atoms with Crippen LogP contribution in [0.15, 0.2) is 41.8 Å². The summed E-state index contributed by atoms with van der Waals surface area (Å²) >= 11 is 1.55. The summed E-state index contributed by atoms with van der Waals surface area (Å²) in [7, 11) is 1.69. The van der Waals surface area contributed by atoms with E-state index in [1.165, 1.54) is 5.56 Å². The fourth-order valence-corrected chi connectivity index (χ4v) is 4.09. The lowest BCUT2D eigenvalue weighted by Gasteiger charge is -2.42. The van der Waals surface area contributed by atoms with E-state index in [1.54, 1.807) is 18.9 Å². The number of aliphatic hydroxyl groups is 1. The lowest BCUT2D eigenvalue weighted by atomic mass is 9.75. The Labute approximate surface area is 159 Å². The van der Waals surface area contributed by atoms with Crippen LogP contribution in [0.2, 0.25) is 0 Å². The molecule has 3 rings (SSSR count). The number of aromatic nitrogens is 2. The van der Waals surface area contributed by atoms with Crippen molar-refractivity contribution in [1.29, 1.82) is 0 Å². The molecule has 1 N–H and O–H groups in total. The lowest BCUT2D eigenvalue weighted by Crippen LogP contribution is -2.46. The molecule has 1 aromatic carbocycles. The van der Waals surface area contributed by atoms with Gasteiger partial charge in [-0.3, -0.25) is 4.90 Å². The number of thioether (sulfide) groups is 1. The molecule has 0 unspecified atom stereocenters. The second-order valence-corrected chi connectivity index (χ2v) is 7.85. The number of benzene rings is 1. The number of rotatable bonds is 7. The quantitative estimate of drug-likeness (QED) is 0.595. The molecule has 2 aromatic rings. The third-order valence-corrected chi connectivity index (χ3v) is 5.64. The van der Waals surface area contributed by atoms with E-state index in [0.29, 0.717) is 0 Å². The van der Waals surface area contributed by atoms with Crippen LogP contribution in [0.3, 0.4) is 0 Å². The molecule has 5 nitrogen and oxygen atoms in total. The van der Waals surface area contributed by atoms with Gasteiger partial charge in [0, 0.05) is 36.5 Å². The molecule has 6 heteroatoms. The predicted molar refractivity (Wildman–Crippen MR) is 105 cm³/mol. The van der Waals surface area contributed by atoms with Gasteiger partial charge in [0.15, 0.2) is 5.16 Å². The maximum absolute atomic E-state index is 10.2. The van der Waals surface area contributed by atoms with E-state index in [0.717, 1.165) is 55.4 Å². The minimum Gasteiger partial charge on any atom is -0.497 e. The normalized spacial score (nSPS) is 20.9. The number of ether oxygens (including phenoxy) is 1. The first-order valence-electron chi connectivity index (χ1n) is 8.97. The number of hydrogen-bond donors (Lipinski definition) is 1. The van der Waals surface area contributed by atoms with Crippen LogP contribution in [0.4, 0.5) is 0 Å². The van der Waals surface area contributed by atoms with Crippen molar-refractivity contribution in [3.63, 3.8) is 0 Å². The van der Waals surface area contributed by atoms with Crippen molar-refractivity contribution in [1.82, 2.24) is 14.9 Å². The van der Waals surface area contributed by atoms with E-state index in [-0.39, 0.29) is 12.0 Å². The Morgan fingerprint density at radius 1 is 1.27 bits per heavy atom. The molecular weight excluding hydrogens is 346 g/mol. The number of piperidine rings is 1. The van der Waals surface area contributed by atoms with Gasteiger partial charge in [-0.25, -0.2) is 9.97 Å². The number of methoxy groups -OCH3 is 1. The molecule has 0 amide bonds. The SMILES string of the molecule is COc1cccc(C[C@@]2(CO)CCCN(Cc3cnc(SC)nc3)C2)c1.